The standard InChI is InChI=1S/C25H29N5O3/c1-18(19-5-8-21(9-6-19)30-17-26-16-27-30)28(2)15-25(31)29-11-3-4-22(29)20-7-10-23-24(14-20)33-13-12-32-23/h5-10,14,16-18,22H,3-4,11-13,15H2,1-2H3/t18-,22+/m0/s1. The molecule has 8 heteroatoms. The number of aromatic nitrogens is 3. The van der Waals surface area contributed by atoms with Crippen LogP contribution < -0.4 is 9.47 Å². The minimum absolute atomic E-state index is 0.0824. The van der Waals surface area contributed by atoms with E-state index in [1.807, 2.05) is 36.2 Å². The molecule has 3 aromatic rings. The average molecular weight is 448 g/mol. The van der Waals surface area contributed by atoms with Gasteiger partial charge in [-0.2, -0.15) is 5.10 Å². The summed E-state index contributed by atoms with van der Waals surface area (Å²) < 4.78 is 13.1. The van der Waals surface area contributed by atoms with Crippen LogP contribution in [0.25, 0.3) is 5.69 Å². The molecule has 0 unspecified atom stereocenters. The molecule has 5 rings (SSSR count). The van der Waals surface area contributed by atoms with Crippen molar-refractivity contribution in [2.75, 3.05) is 33.4 Å². The van der Waals surface area contributed by atoms with E-state index < -0.39 is 0 Å². The Labute approximate surface area is 193 Å². The lowest BCUT2D eigenvalue weighted by Crippen LogP contribution is -2.39. The lowest BCUT2D eigenvalue weighted by Gasteiger charge is -2.30. The second-order valence-electron chi connectivity index (χ2n) is 8.67. The van der Waals surface area contributed by atoms with Gasteiger partial charge in [0, 0.05) is 12.6 Å². The van der Waals surface area contributed by atoms with E-state index in [-0.39, 0.29) is 18.0 Å². The van der Waals surface area contributed by atoms with E-state index >= 15 is 0 Å². The molecule has 0 N–H and O–H groups in total. The number of carbonyl (C=O) groups is 1. The van der Waals surface area contributed by atoms with Crippen LogP contribution >= 0.6 is 0 Å². The average Bonchev–Trinajstić information content (AvgIpc) is 3.56. The minimum Gasteiger partial charge on any atom is -0.486 e. The highest BCUT2D eigenvalue weighted by Crippen LogP contribution is 2.38. The Morgan fingerprint density at radius 2 is 1.94 bits per heavy atom. The maximum Gasteiger partial charge on any atom is 0.237 e. The zero-order valence-electron chi connectivity index (χ0n) is 19.1. The number of likely N-dealkylation sites (tertiary alicyclic amines) is 1. The van der Waals surface area contributed by atoms with Crippen molar-refractivity contribution in [2.45, 2.75) is 31.8 Å². The third-order valence-corrected chi connectivity index (χ3v) is 6.63. The van der Waals surface area contributed by atoms with Crippen LogP contribution in [-0.2, 0) is 4.79 Å². The van der Waals surface area contributed by atoms with Crippen LogP contribution in [-0.4, -0.2) is 63.8 Å². The number of carbonyl (C=O) groups excluding carboxylic acids is 1. The Bertz CT molecular complexity index is 1100. The van der Waals surface area contributed by atoms with Crippen LogP contribution in [0.2, 0.25) is 0 Å². The number of nitrogens with zero attached hydrogens (tertiary/aromatic N) is 5. The van der Waals surface area contributed by atoms with E-state index in [0.717, 1.165) is 47.7 Å². The first-order valence-corrected chi connectivity index (χ1v) is 11.4. The molecule has 0 aliphatic carbocycles. The molecule has 8 nitrogen and oxygen atoms in total. The molecule has 2 aromatic carbocycles. The molecular formula is C25H29N5O3. The number of benzene rings is 2. The molecule has 0 saturated carbocycles. The third-order valence-electron chi connectivity index (χ3n) is 6.63. The van der Waals surface area contributed by atoms with Crippen molar-refractivity contribution in [1.29, 1.82) is 0 Å². The summed E-state index contributed by atoms with van der Waals surface area (Å²) in [6.07, 6.45) is 5.17. The minimum atomic E-state index is 0.0824. The predicted molar refractivity (Wildman–Crippen MR) is 124 cm³/mol. The molecule has 1 fully saturated rings. The maximum absolute atomic E-state index is 13.3. The number of amides is 1. The van der Waals surface area contributed by atoms with Crippen molar-refractivity contribution >= 4 is 5.91 Å². The Balaban J connectivity index is 1.24. The van der Waals surface area contributed by atoms with Crippen LogP contribution in [0, 0.1) is 0 Å². The summed E-state index contributed by atoms with van der Waals surface area (Å²) in [7, 11) is 2.00. The highest BCUT2D eigenvalue weighted by molar-refractivity contribution is 5.79. The SMILES string of the molecule is C[C@@H](c1ccc(-n2cncn2)cc1)N(C)CC(=O)N1CCC[C@@H]1c1ccc2c(c1)OCCO2. The van der Waals surface area contributed by atoms with E-state index in [2.05, 4.69) is 40.1 Å². The largest absolute Gasteiger partial charge is 0.486 e. The van der Waals surface area contributed by atoms with Crippen molar-refractivity contribution in [1.82, 2.24) is 24.6 Å². The lowest BCUT2D eigenvalue weighted by atomic mass is 10.0. The number of likely N-dealkylation sites (N-methyl/N-ethyl adjacent to an activating group) is 1. The zero-order chi connectivity index (χ0) is 22.8. The first kappa shape index (κ1) is 21.5. The van der Waals surface area contributed by atoms with E-state index in [4.69, 9.17) is 9.47 Å². The molecule has 3 heterocycles. The smallest absolute Gasteiger partial charge is 0.237 e. The quantitative estimate of drug-likeness (QED) is 0.577. The Morgan fingerprint density at radius 1 is 1.15 bits per heavy atom. The second kappa shape index (κ2) is 9.23. The predicted octanol–water partition coefficient (Wildman–Crippen LogP) is 3.40. The summed E-state index contributed by atoms with van der Waals surface area (Å²) in [6.45, 7) is 4.42. The van der Waals surface area contributed by atoms with Gasteiger partial charge in [0.2, 0.25) is 5.91 Å². The van der Waals surface area contributed by atoms with Gasteiger partial charge in [0.1, 0.15) is 25.9 Å². The molecule has 172 valence electrons. The normalized spacial score (nSPS) is 18.5. The summed E-state index contributed by atoms with van der Waals surface area (Å²) in [4.78, 5) is 21.4. The molecule has 1 amide bonds. The van der Waals surface area contributed by atoms with E-state index in [1.165, 1.54) is 6.33 Å². The molecule has 1 saturated heterocycles. The van der Waals surface area contributed by atoms with Crippen LogP contribution in [0.1, 0.15) is 43.0 Å². The molecule has 1 aromatic heterocycles. The van der Waals surface area contributed by atoms with Crippen molar-refractivity contribution in [3.63, 3.8) is 0 Å². The fraction of sp³-hybridized carbons (Fsp3) is 0.400. The molecular weight excluding hydrogens is 418 g/mol. The topological polar surface area (TPSA) is 72.7 Å². The van der Waals surface area contributed by atoms with E-state index in [1.54, 1.807) is 11.0 Å². The van der Waals surface area contributed by atoms with Crippen molar-refractivity contribution < 1.29 is 14.3 Å². The van der Waals surface area contributed by atoms with Gasteiger partial charge >= 0.3 is 0 Å². The van der Waals surface area contributed by atoms with Gasteiger partial charge in [0.25, 0.3) is 0 Å². The van der Waals surface area contributed by atoms with Gasteiger partial charge in [-0.15, -0.1) is 0 Å². The van der Waals surface area contributed by atoms with Crippen LogP contribution in [0.4, 0.5) is 0 Å². The van der Waals surface area contributed by atoms with Crippen LogP contribution in [0.3, 0.4) is 0 Å². The number of fused-ring (bicyclic) bond motifs is 1. The second-order valence-corrected chi connectivity index (χ2v) is 8.67. The lowest BCUT2D eigenvalue weighted by molar-refractivity contribution is -0.133. The van der Waals surface area contributed by atoms with Gasteiger partial charge in [-0.1, -0.05) is 18.2 Å². The molecule has 0 spiro atoms. The van der Waals surface area contributed by atoms with Crippen LogP contribution in [0.15, 0.2) is 55.1 Å². The first-order chi connectivity index (χ1) is 16.1. The van der Waals surface area contributed by atoms with Gasteiger partial charge in [-0.25, -0.2) is 9.67 Å². The number of hydrogen-bond donors (Lipinski definition) is 0. The van der Waals surface area contributed by atoms with Gasteiger partial charge < -0.3 is 14.4 Å². The van der Waals surface area contributed by atoms with Gasteiger partial charge in [0.15, 0.2) is 11.5 Å². The monoisotopic (exact) mass is 447 g/mol. The molecule has 2 atom stereocenters. The first-order valence-electron chi connectivity index (χ1n) is 11.4. The van der Waals surface area contributed by atoms with Gasteiger partial charge in [-0.05, 0) is 62.2 Å². The Morgan fingerprint density at radius 3 is 2.70 bits per heavy atom. The molecule has 33 heavy (non-hydrogen) atoms. The Hall–Kier alpha value is -3.39. The van der Waals surface area contributed by atoms with Crippen molar-refractivity contribution in [2.24, 2.45) is 0 Å². The van der Waals surface area contributed by atoms with Crippen LogP contribution in [0.5, 0.6) is 11.5 Å². The number of rotatable bonds is 6. The molecule has 0 bridgehead atoms. The van der Waals surface area contributed by atoms with Gasteiger partial charge in [0.05, 0.1) is 18.3 Å². The summed E-state index contributed by atoms with van der Waals surface area (Å²) in [6, 6.07) is 14.5. The summed E-state index contributed by atoms with van der Waals surface area (Å²) in [5, 5.41) is 4.17. The highest BCUT2D eigenvalue weighted by atomic mass is 16.6. The zero-order valence-corrected chi connectivity index (χ0v) is 19.1. The maximum atomic E-state index is 13.3. The van der Waals surface area contributed by atoms with Crippen molar-refractivity contribution in [3.05, 3.63) is 66.2 Å². The molecule has 2 aliphatic rings. The van der Waals surface area contributed by atoms with Crippen molar-refractivity contribution in [3.8, 4) is 17.2 Å². The third kappa shape index (κ3) is 4.43. The fourth-order valence-electron chi connectivity index (χ4n) is 4.62. The fourth-order valence-corrected chi connectivity index (χ4v) is 4.62. The molecule has 2 aliphatic heterocycles. The highest BCUT2D eigenvalue weighted by Gasteiger charge is 2.31. The van der Waals surface area contributed by atoms with E-state index in [9.17, 15) is 4.79 Å². The summed E-state index contributed by atoms with van der Waals surface area (Å²) >= 11 is 0. The molecule has 0 radical (unpaired) electrons. The summed E-state index contributed by atoms with van der Waals surface area (Å²) in [5.41, 5.74) is 3.23. The number of hydrogen-bond acceptors (Lipinski definition) is 6. The van der Waals surface area contributed by atoms with Gasteiger partial charge in [-0.3, -0.25) is 9.69 Å². The number of ether oxygens (including phenoxy) is 2. The Kier molecular flexibility index (Phi) is 6.00. The van der Waals surface area contributed by atoms with E-state index in [0.29, 0.717) is 19.8 Å². The summed E-state index contributed by atoms with van der Waals surface area (Å²) in [5.74, 6) is 1.71.